The average molecular weight is 986 g/mol. The molecule has 6 aliphatic rings. The van der Waals surface area contributed by atoms with Crippen molar-refractivity contribution in [2.45, 2.75) is 42.9 Å². The Kier molecular flexibility index (Phi) is 10.0. The molecule has 0 atom stereocenters. The van der Waals surface area contributed by atoms with Crippen LogP contribution in [0.15, 0.2) is 249 Å². The van der Waals surface area contributed by atoms with Crippen molar-refractivity contribution in [3.63, 3.8) is 0 Å². The summed E-state index contributed by atoms with van der Waals surface area (Å²) in [6.07, 6.45) is 6.75. The summed E-state index contributed by atoms with van der Waals surface area (Å²) in [5, 5.41) is 0. The summed E-state index contributed by atoms with van der Waals surface area (Å²) in [6, 6.07) is 92.3. The summed E-state index contributed by atoms with van der Waals surface area (Å²) in [5.74, 6) is 4.94. The first-order valence-electron chi connectivity index (χ1n) is 27.8. The molecule has 3 nitrogen and oxygen atoms in total. The highest BCUT2D eigenvalue weighted by Crippen LogP contribution is 2.70. The molecular formula is C74H55N3. The van der Waals surface area contributed by atoms with Crippen molar-refractivity contribution in [3.8, 4) is 89.8 Å². The van der Waals surface area contributed by atoms with Gasteiger partial charge < -0.3 is 0 Å². The third kappa shape index (κ3) is 6.79. The van der Waals surface area contributed by atoms with E-state index < -0.39 is 5.41 Å². The van der Waals surface area contributed by atoms with Gasteiger partial charge in [0.25, 0.3) is 0 Å². The third-order valence-electron chi connectivity index (χ3n) is 18.8. The first-order chi connectivity index (χ1) is 38.1. The maximum atomic E-state index is 5.37. The third-order valence-corrected chi connectivity index (χ3v) is 18.8. The Labute approximate surface area is 451 Å². The quantitative estimate of drug-likeness (QED) is 0.152. The summed E-state index contributed by atoms with van der Waals surface area (Å²) in [4.78, 5) is 15.9. The summed E-state index contributed by atoms with van der Waals surface area (Å²) >= 11 is 0. The number of fused-ring (bicyclic) bond motifs is 6. The average Bonchev–Trinajstić information content (AvgIpc) is 4.15. The van der Waals surface area contributed by atoms with Crippen LogP contribution in [0, 0.1) is 23.7 Å². The van der Waals surface area contributed by atoms with Crippen LogP contribution in [0.5, 0.6) is 0 Å². The van der Waals surface area contributed by atoms with Gasteiger partial charge in [-0.05, 0) is 181 Å². The molecule has 4 bridgehead atoms. The summed E-state index contributed by atoms with van der Waals surface area (Å²) in [6.45, 7) is 0. The second-order valence-corrected chi connectivity index (χ2v) is 22.7. The van der Waals surface area contributed by atoms with E-state index in [2.05, 4.69) is 237 Å². The molecule has 0 amide bonds. The Morgan fingerprint density at radius 1 is 0.260 bits per heavy atom. The Morgan fingerprint density at radius 3 is 1.23 bits per heavy atom. The monoisotopic (exact) mass is 985 g/mol. The molecule has 11 aromatic rings. The van der Waals surface area contributed by atoms with Crippen LogP contribution in [0.3, 0.4) is 0 Å². The first-order valence-corrected chi connectivity index (χ1v) is 27.8. The lowest BCUT2D eigenvalue weighted by Crippen LogP contribution is -2.55. The molecule has 1 aromatic heterocycles. The highest BCUT2D eigenvalue weighted by molar-refractivity contribution is 5.91. The van der Waals surface area contributed by atoms with Crippen molar-refractivity contribution in [1.82, 2.24) is 15.0 Å². The van der Waals surface area contributed by atoms with Crippen molar-refractivity contribution in [3.05, 3.63) is 282 Å². The normalized spacial score (nSPS) is 20.6. The van der Waals surface area contributed by atoms with E-state index in [1.807, 2.05) is 12.1 Å². The van der Waals surface area contributed by atoms with Crippen molar-refractivity contribution in [2.75, 3.05) is 0 Å². The molecule has 4 saturated carbocycles. The predicted molar refractivity (Wildman–Crippen MR) is 313 cm³/mol. The van der Waals surface area contributed by atoms with Gasteiger partial charge in [-0.2, -0.15) is 0 Å². The van der Waals surface area contributed by atoms with Crippen LogP contribution in [0.1, 0.15) is 65.5 Å². The minimum Gasteiger partial charge on any atom is -0.208 e. The topological polar surface area (TPSA) is 38.7 Å². The van der Waals surface area contributed by atoms with Gasteiger partial charge in [0, 0.05) is 22.1 Å². The second kappa shape index (κ2) is 17.4. The van der Waals surface area contributed by atoms with Gasteiger partial charge in [0.15, 0.2) is 17.5 Å². The lowest BCUT2D eigenvalue weighted by atomic mass is 9.43. The van der Waals surface area contributed by atoms with Crippen molar-refractivity contribution < 1.29 is 0 Å². The SMILES string of the molecule is c1ccc(-c2ccc3c(c2)-c2ccc(-c4cc(-c5ccc6c(c5)C(c5ccccc5)(c5ccccc5)c5ccccc5-6)cc(-c5nc(-c6ccccc6)nc(-c6ccccc6)n5)c4)cc2C32C3CC4CC(C3)CC2C4)cc1. The number of rotatable bonds is 8. The van der Waals surface area contributed by atoms with Crippen LogP contribution in [-0.2, 0) is 10.8 Å². The van der Waals surface area contributed by atoms with Crippen LogP contribution in [0.2, 0.25) is 0 Å². The van der Waals surface area contributed by atoms with E-state index in [9.17, 15) is 0 Å². The maximum absolute atomic E-state index is 5.37. The molecule has 1 spiro atoms. The van der Waals surface area contributed by atoms with Gasteiger partial charge in [-0.15, -0.1) is 0 Å². The van der Waals surface area contributed by atoms with Gasteiger partial charge in [-0.25, -0.2) is 15.0 Å². The number of hydrogen-bond acceptors (Lipinski definition) is 3. The maximum Gasteiger partial charge on any atom is 0.164 e. The molecule has 366 valence electrons. The van der Waals surface area contributed by atoms with E-state index in [0.29, 0.717) is 29.3 Å². The smallest absolute Gasteiger partial charge is 0.164 e. The van der Waals surface area contributed by atoms with Gasteiger partial charge in [0.2, 0.25) is 0 Å². The fourth-order valence-electron chi connectivity index (χ4n) is 15.8. The molecule has 0 unspecified atom stereocenters. The molecule has 10 aromatic carbocycles. The molecule has 1 heterocycles. The van der Waals surface area contributed by atoms with E-state index in [4.69, 9.17) is 15.0 Å². The lowest BCUT2D eigenvalue weighted by Gasteiger charge is -2.61. The summed E-state index contributed by atoms with van der Waals surface area (Å²) in [5.41, 5.74) is 23.1. The minimum absolute atomic E-state index is 0.000330. The molecule has 0 saturated heterocycles. The van der Waals surface area contributed by atoms with Gasteiger partial charge in [0.1, 0.15) is 0 Å². The fraction of sp³-hybridized carbons (Fsp3) is 0.149. The fourth-order valence-corrected chi connectivity index (χ4v) is 15.8. The molecular weight excluding hydrogens is 931 g/mol. The predicted octanol–water partition coefficient (Wildman–Crippen LogP) is 18.0. The molecule has 0 aliphatic heterocycles. The van der Waals surface area contributed by atoms with Gasteiger partial charge in [-0.3, -0.25) is 0 Å². The standard InChI is InChI=1S/C74H55N3/c1-6-18-49(19-7-1)52-32-35-67-65(44-52)64-34-31-54(46-69(64)74(67)60-37-47-36-48(39-60)40-61(74)38-47)56-41-55(42-57(43-56)72-76-70(50-20-8-2-9-21-50)75-71(77-72)51-22-10-3-11-23-51)53-30-33-63-62-28-16-17-29-66(62)73(68(63)45-53,58-24-12-4-13-25-58)59-26-14-5-15-27-59/h1-35,41-48,60-61H,36-40H2. The Morgan fingerprint density at radius 2 is 0.675 bits per heavy atom. The molecule has 6 aliphatic carbocycles. The zero-order valence-electron chi connectivity index (χ0n) is 42.9. The van der Waals surface area contributed by atoms with Crippen molar-refractivity contribution >= 4 is 0 Å². The Balaban J connectivity index is 0.932. The van der Waals surface area contributed by atoms with E-state index in [1.165, 1.54) is 93.3 Å². The van der Waals surface area contributed by atoms with Gasteiger partial charge in [-0.1, -0.05) is 212 Å². The highest BCUT2D eigenvalue weighted by atomic mass is 15.0. The second-order valence-electron chi connectivity index (χ2n) is 22.7. The molecule has 77 heavy (non-hydrogen) atoms. The van der Waals surface area contributed by atoms with Crippen LogP contribution >= 0.6 is 0 Å². The van der Waals surface area contributed by atoms with Crippen LogP contribution in [0.4, 0.5) is 0 Å². The summed E-state index contributed by atoms with van der Waals surface area (Å²) < 4.78 is 0. The lowest BCUT2D eigenvalue weighted by molar-refractivity contribution is -0.0399. The zero-order valence-corrected chi connectivity index (χ0v) is 42.9. The minimum atomic E-state index is -0.531. The Bertz CT molecular complexity index is 3970. The first kappa shape index (κ1) is 44.5. The number of aromatic nitrogens is 3. The highest BCUT2D eigenvalue weighted by Gasteiger charge is 2.61. The molecule has 0 N–H and O–H groups in total. The number of hydrogen-bond donors (Lipinski definition) is 0. The van der Waals surface area contributed by atoms with Crippen LogP contribution < -0.4 is 0 Å². The Hall–Kier alpha value is -8.79. The molecule has 17 rings (SSSR count). The largest absolute Gasteiger partial charge is 0.208 e. The van der Waals surface area contributed by atoms with Crippen molar-refractivity contribution in [2.24, 2.45) is 23.7 Å². The van der Waals surface area contributed by atoms with E-state index in [-0.39, 0.29) is 5.41 Å². The molecule has 0 radical (unpaired) electrons. The van der Waals surface area contributed by atoms with E-state index in [1.54, 1.807) is 11.1 Å². The van der Waals surface area contributed by atoms with E-state index >= 15 is 0 Å². The van der Waals surface area contributed by atoms with Crippen molar-refractivity contribution in [1.29, 1.82) is 0 Å². The molecule has 4 fully saturated rings. The van der Waals surface area contributed by atoms with Crippen LogP contribution in [0.25, 0.3) is 89.8 Å². The van der Waals surface area contributed by atoms with Gasteiger partial charge in [0.05, 0.1) is 5.41 Å². The summed E-state index contributed by atoms with van der Waals surface area (Å²) in [7, 11) is 0. The molecule has 3 heteroatoms. The van der Waals surface area contributed by atoms with Gasteiger partial charge >= 0.3 is 0 Å². The van der Waals surface area contributed by atoms with E-state index in [0.717, 1.165) is 45.2 Å². The van der Waals surface area contributed by atoms with Crippen LogP contribution in [-0.4, -0.2) is 15.0 Å². The number of nitrogens with zero attached hydrogens (tertiary/aromatic N) is 3. The zero-order chi connectivity index (χ0) is 50.7. The number of benzene rings is 10.